The Kier molecular flexibility index (Phi) is 5.25. The Balaban J connectivity index is 1.82. The molecule has 1 aliphatic heterocycles. The second-order valence-electron chi connectivity index (χ2n) is 6.54. The standard InChI is InChI=1S/C19H24N4O3/c1-12-7-6-8-14(17(12)26-3)18(25)20-13(2)15-11-16(24)22-19(21-15)23-9-4-5-10-23/h6-8,11,13H,4-5,9-10H2,1-3H3,(H,20,25)(H,21,22,24)/t13-/m1/s1. The smallest absolute Gasteiger partial charge is 0.255 e. The lowest BCUT2D eigenvalue weighted by atomic mass is 10.1. The summed E-state index contributed by atoms with van der Waals surface area (Å²) >= 11 is 0. The molecule has 3 rings (SSSR count). The van der Waals surface area contributed by atoms with Gasteiger partial charge >= 0.3 is 0 Å². The minimum atomic E-state index is -0.406. The van der Waals surface area contributed by atoms with Gasteiger partial charge in [-0.15, -0.1) is 0 Å². The van der Waals surface area contributed by atoms with E-state index < -0.39 is 6.04 Å². The molecule has 1 atom stereocenters. The molecule has 138 valence electrons. The van der Waals surface area contributed by atoms with Crippen molar-refractivity contribution in [3.05, 3.63) is 51.4 Å². The van der Waals surface area contributed by atoms with Crippen molar-refractivity contribution in [2.24, 2.45) is 0 Å². The molecule has 7 nitrogen and oxygen atoms in total. The lowest BCUT2D eigenvalue weighted by Gasteiger charge is -2.19. The summed E-state index contributed by atoms with van der Waals surface area (Å²) in [5.74, 6) is 0.857. The van der Waals surface area contributed by atoms with E-state index >= 15 is 0 Å². The predicted octanol–water partition coefficient (Wildman–Crippen LogP) is 2.18. The molecule has 0 unspecified atom stereocenters. The highest BCUT2D eigenvalue weighted by molar-refractivity contribution is 5.97. The van der Waals surface area contributed by atoms with Gasteiger partial charge in [0.15, 0.2) is 0 Å². The van der Waals surface area contributed by atoms with Gasteiger partial charge in [-0.05, 0) is 38.3 Å². The van der Waals surface area contributed by atoms with E-state index in [4.69, 9.17) is 4.74 Å². The fraction of sp³-hybridized carbons (Fsp3) is 0.421. The highest BCUT2D eigenvalue weighted by Crippen LogP contribution is 2.24. The number of carbonyl (C=O) groups is 1. The van der Waals surface area contributed by atoms with Crippen LogP contribution in [0.3, 0.4) is 0 Å². The van der Waals surface area contributed by atoms with E-state index in [-0.39, 0.29) is 11.5 Å². The Hall–Kier alpha value is -2.83. The van der Waals surface area contributed by atoms with Crippen LogP contribution in [0.5, 0.6) is 5.75 Å². The molecule has 1 aromatic carbocycles. The number of hydrogen-bond donors (Lipinski definition) is 2. The highest BCUT2D eigenvalue weighted by Gasteiger charge is 2.20. The number of ether oxygens (including phenoxy) is 1. The second-order valence-corrected chi connectivity index (χ2v) is 6.54. The summed E-state index contributed by atoms with van der Waals surface area (Å²) < 4.78 is 5.35. The number of carbonyl (C=O) groups excluding carboxylic acids is 1. The fourth-order valence-corrected chi connectivity index (χ4v) is 3.21. The number of amides is 1. The molecule has 1 fully saturated rings. The lowest BCUT2D eigenvalue weighted by molar-refractivity contribution is 0.0936. The Morgan fingerprint density at radius 2 is 2.08 bits per heavy atom. The molecule has 2 aromatic rings. The third-order valence-corrected chi connectivity index (χ3v) is 4.61. The van der Waals surface area contributed by atoms with Gasteiger partial charge in [-0.3, -0.25) is 14.6 Å². The molecular weight excluding hydrogens is 332 g/mol. The average Bonchev–Trinajstić information content (AvgIpc) is 3.15. The maximum atomic E-state index is 12.7. The number of benzene rings is 1. The number of nitrogens with zero attached hydrogens (tertiary/aromatic N) is 2. The van der Waals surface area contributed by atoms with Crippen LogP contribution < -0.4 is 20.5 Å². The number of para-hydroxylation sites is 1. The summed E-state index contributed by atoms with van der Waals surface area (Å²) in [6.07, 6.45) is 2.18. The molecule has 1 aromatic heterocycles. The number of hydrogen-bond acceptors (Lipinski definition) is 5. The fourth-order valence-electron chi connectivity index (χ4n) is 3.21. The van der Waals surface area contributed by atoms with Crippen molar-refractivity contribution in [1.29, 1.82) is 0 Å². The van der Waals surface area contributed by atoms with Crippen molar-refractivity contribution in [2.45, 2.75) is 32.7 Å². The first-order valence-corrected chi connectivity index (χ1v) is 8.80. The molecule has 0 radical (unpaired) electrons. The first-order chi connectivity index (χ1) is 12.5. The van der Waals surface area contributed by atoms with Gasteiger partial charge in [0.1, 0.15) is 5.75 Å². The van der Waals surface area contributed by atoms with Crippen molar-refractivity contribution in [1.82, 2.24) is 15.3 Å². The lowest BCUT2D eigenvalue weighted by Crippen LogP contribution is -2.30. The zero-order valence-corrected chi connectivity index (χ0v) is 15.3. The maximum absolute atomic E-state index is 12.7. The van der Waals surface area contributed by atoms with Crippen LogP contribution in [0.25, 0.3) is 0 Å². The largest absolute Gasteiger partial charge is 0.496 e. The molecule has 0 bridgehead atoms. The van der Waals surface area contributed by atoms with Crippen LogP contribution in [0.2, 0.25) is 0 Å². The number of nitrogens with one attached hydrogen (secondary N) is 2. The van der Waals surface area contributed by atoms with Gasteiger partial charge < -0.3 is 15.0 Å². The molecule has 2 heterocycles. The molecule has 2 N–H and O–H groups in total. The van der Waals surface area contributed by atoms with Crippen molar-refractivity contribution in [3.63, 3.8) is 0 Å². The normalized spacial score (nSPS) is 15.0. The third kappa shape index (κ3) is 3.71. The average molecular weight is 356 g/mol. The van der Waals surface area contributed by atoms with Crippen LogP contribution in [0, 0.1) is 6.92 Å². The van der Waals surface area contributed by atoms with E-state index in [0.717, 1.165) is 31.5 Å². The SMILES string of the molecule is COc1c(C)cccc1C(=O)N[C@H](C)c1cc(=O)[nH]c(N2CCCC2)n1. The van der Waals surface area contributed by atoms with Gasteiger partial charge in [0.25, 0.3) is 11.5 Å². The van der Waals surface area contributed by atoms with Crippen LogP contribution in [0.1, 0.15) is 47.4 Å². The van der Waals surface area contributed by atoms with E-state index in [1.807, 2.05) is 26.0 Å². The monoisotopic (exact) mass is 356 g/mol. The first kappa shape index (κ1) is 18.0. The Labute approximate surface area is 152 Å². The molecule has 26 heavy (non-hydrogen) atoms. The van der Waals surface area contributed by atoms with E-state index in [9.17, 15) is 9.59 Å². The van der Waals surface area contributed by atoms with Crippen molar-refractivity contribution < 1.29 is 9.53 Å². The van der Waals surface area contributed by atoms with E-state index in [1.54, 1.807) is 13.2 Å². The van der Waals surface area contributed by atoms with Crippen LogP contribution in [-0.4, -0.2) is 36.1 Å². The van der Waals surface area contributed by atoms with Crippen LogP contribution >= 0.6 is 0 Å². The van der Waals surface area contributed by atoms with Gasteiger partial charge in [-0.2, -0.15) is 0 Å². The summed E-state index contributed by atoms with van der Waals surface area (Å²) in [7, 11) is 1.54. The molecular formula is C19H24N4O3. The minimum absolute atomic E-state index is 0.217. The van der Waals surface area contributed by atoms with Gasteiger partial charge in [0, 0.05) is 19.2 Å². The van der Waals surface area contributed by atoms with Crippen molar-refractivity contribution >= 4 is 11.9 Å². The first-order valence-electron chi connectivity index (χ1n) is 8.80. The molecule has 7 heteroatoms. The number of aryl methyl sites for hydroxylation is 1. The molecule has 1 amide bonds. The summed E-state index contributed by atoms with van der Waals surface area (Å²) in [5, 5.41) is 2.91. The van der Waals surface area contributed by atoms with Gasteiger partial charge in [0.2, 0.25) is 5.95 Å². The zero-order valence-electron chi connectivity index (χ0n) is 15.3. The Morgan fingerprint density at radius 3 is 2.77 bits per heavy atom. The second kappa shape index (κ2) is 7.59. The van der Waals surface area contributed by atoms with Crippen LogP contribution in [-0.2, 0) is 0 Å². The molecule has 1 saturated heterocycles. The molecule has 0 spiro atoms. The highest BCUT2D eigenvalue weighted by atomic mass is 16.5. The summed E-state index contributed by atoms with van der Waals surface area (Å²) in [6, 6.07) is 6.44. The zero-order chi connectivity index (χ0) is 18.7. The number of rotatable bonds is 5. The predicted molar refractivity (Wildman–Crippen MR) is 99.9 cm³/mol. The van der Waals surface area contributed by atoms with E-state index in [2.05, 4.69) is 20.2 Å². The Bertz CT molecular complexity index is 856. The van der Waals surface area contributed by atoms with Crippen LogP contribution in [0.15, 0.2) is 29.1 Å². The van der Waals surface area contributed by atoms with E-state index in [1.165, 1.54) is 6.07 Å². The molecule has 1 aliphatic rings. The van der Waals surface area contributed by atoms with Gasteiger partial charge in [-0.25, -0.2) is 4.98 Å². The molecule has 0 saturated carbocycles. The summed E-state index contributed by atoms with van der Waals surface area (Å²) in [6.45, 7) is 5.47. The van der Waals surface area contributed by atoms with Crippen LogP contribution in [0.4, 0.5) is 5.95 Å². The van der Waals surface area contributed by atoms with Crippen molar-refractivity contribution in [3.8, 4) is 5.75 Å². The summed E-state index contributed by atoms with van der Waals surface area (Å²) in [5.41, 5.74) is 1.67. The quantitative estimate of drug-likeness (QED) is 0.857. The number of anilines is 1. The number of H-pyrrole nitrogens is 1. The van der Waals surface area contributed by atoms with Crippen molar-refractivity contribution in [2.75, 3.05) is 25.1 Å². The number of aromatic amines is 1. The maximum Gasteiger partial charge on any atom is 0.255 e. The Morgan fingerprint density at radius 1 is 1.35 bits per heavy atom. The van der Waals surface area contributed by atoms with Gasteiger partial charge in [-0.1, -0.05) is 12.1 Å². The minimum Gasteiger partial charge on any atom is -0.496 e. The number of aromatic nitrogens is 2. The summed E-state index contributed by atoms with van der Waals surface area (Å²) in [4.78, 5) is 34.1. The topological polar surface area (TPSA) is 87.3 Å². The molecule has 0 aliphatic carbocycles. The van der Waals surface area contributed by atoms with E-state index in [0.29, 0.717) is 23.0 Å². The van der Waals surface area contributed by atoms with Gasteiger partial charge in [0.05, 0.1) is 24.4 Å². The third-order valence-electron chi connectivity index (χ3n) is 4.61. The number of methoxy groups -OCH3 is 1.